The van der Waals surface area contributed by atoms with Crippen LogP contribution in [0.25, 0.3) is 11.1 Å². The molecule has 1 aliphatic rings. The van der Waals surface area contributed by atoms with Crippen molar-refractivity contribution in [2.24, 2.45) is 0 Å². The zero-order valence-corrected chi connectivity index (χ0v) is 18.7. The lowest BCUT2D eigenvalue weighted by Crippen LogP contribution is -2.53. The van der Waals surface area contributed by atoms with E-state index in [0.717, 1.165) is 22.3 Å². The van der Waals surface area contributed by atoms with Crippen LogP contribution in [0, 0.1) is 0 Å². The lowest BCUT2D eigenvalue weighted by Gasteiger charge is -2.23. The van der Waals surface area contributed by atoms with Crippen LogP contribution in [0.3, 0.4) is 0 Å². The highest BCUT2D eigenvalue weighted by molar-refractivity contribution is 5.81. The van der Waals surface area contributed by atoms with Gasteiger partial charge in [-0.3, -0.25) is 0 Å². The molecular weight excluding hydrogens is 428 g/mol. The fourth-order valence-electron chi connectivity index (χ4n) is 3.71. The molecule has 0 aliphatic heterocycles. The molecule has 0 heterocycles. The number of aliphatic carboxylic acids is 1. The van der Waals surface area contributed by atoms with Crippen LogP contribution in [0.2, 0.25) is 0 Å². The lowest BCUT2D eigenvalue weighted by atomic mass is 9.98. The molecule has 0 aromatic heterocycles. The number of ether oxygens (including phenoxy) is 2. The van der Waals surface area contributed by atoms with Gasteiger partial charge in [0.05, 0.1) is 0 Å². The normalized spacial score (nSPS) is 14.4. The lowest BCUT2D eigenvalue weighted by molar-refractivity contribution is -0.142. The molecule has 0 spiro atoms. The average Bonchev–Trinajstić information content (AvgIpc) is 3.07. The first-order valence-corrected chi connectivity index (χ1v) is 10.6. The maximum absolute atomic E-state index is 12.3. The summed E-state index contributed by atoms with van der Waals surface area (Å²) in [6.07, 6.45) is -3.40. The summed E-state index contributed by atoms with van der Waals surface area (Å²) in [5.41, 5.74) is 3.41. The third-order valence-electron chi connectivity index (χ3n) is 5.12. The molecular formula is C24H28N2O7. The molecule has 1 aliphatic carbocycles. The number of rotatable bonds is 7. The number of hydrogen-bond acceptors (Lipinski definition) is 6. The van der Waals surface area contributed by atoms with E-state index < -0.39 is 42.4 Å². The number of fused-ring (bicyclic) bond motifs is 3. The van der Waals surface area contributed by atoms with Gasteiger partial charge in [0.2, 0.25) is 0 Å². The van der Waals surface area contributed by atoms with E-state index in [1.807, 2.05) is 48.5 Å². The van der Waals surface area contributed by atoms with Crippen molar-refractivity contribution in [3.05, 3.63) is 59.7 Å². The second-order valence-electron chi connectivity index (χ2n) is 8.74. The summed E-state index contributed by atoms with van der Waals surface area (Å²) >= 11 is 0. The number of carboxylic acids is 1. The van der Waals surface area contributed by atoms with Gasteiger partial charge in [0.25, 0.3) is 0 Å². The van der Waals surface area contributed by atoms with E-state index in [9.17, 15) is 24.6 Å². The number of nitrogens with one attached hydrogen (secondary N) is 2. The first-order chi connectivity index (χ1) is 15.6. The standard InChI is InChI=1S/C24H28N2O7/c1-24(2,3)33-22(30)25-12-19(27)20(21(28)29)26-23(31)32-13-18-16-10-6-4-8-14(16)15-9-5-7-11-17(15)18/h4-11,18-20,27H,12-13H2,1-3H3,(H,25,30)(H,26,31)(H,28,29)/t19-,20-/m0/s1. The molecule has 0 bridgehead atoms. The second kappa shape index (κ2) is 9.91. The van der Waals surface area contributed by atoms with Crippen LogP contribution in [-0.2, 0) is 14.3 Å². The quantitative estimate of drug-likeness (QED) is 0.503. The molecule has 2 amide bonds. The molecule has 2 aromatic carbocycles. The molecule has 0 saturated carbocycles. The van der Waals surface area contributed by atoms with E-state index in [0.29, 0.717) is 0 Å². The van der Waals surface area contributed by atoms with Crippen molar-refractivity contribution in [3.63, 3.8) is 0 Å². The van der Waals surface area contributed by atoms with Crippen LogP contribution in [0.15, 0.2) is 48.5 Å². The van der Waals surface area contributed by atoms with E-state index in [1.54, 1.807) is 20.8 Å². The topological polar surface area (TPSA) is 134 Å². The number of alkyl carbamates (subject to hydrolysis) is 2. The van der Waals surface area contributed by atoms with Gasteiger partial charge in [-0.1, -0.05) is 48.5 Å². The summed E-state index contributed by atoms with van der Waals surface area (Å²) < 4.78 is 10.4. The number of amides is 2. The minimum Gasteiger partial charge on any atom is -0.480 e. The third kappa shape index (κ3) is 6.01. The molecule has 0 fully saturated rings. The molecule has 0 unspecified atom stereocenters. The van der Waals surface area contributed by atoms with Crippen molar-refractivity contribution in [1.82, 2.24) is 10.6 Å². The van der Waals surface area contributed by atoms with E-state index >= 15 is 0 Å². The first kappa shape index (κ1) is 24.1. The smallest absolute Gasteiger partial charge is 0.407 e. The highest BCUT2D eigenvalue weighted by atomic mass is 16.6. The number of carboxylic acid groups (broad SMARTS) is 1. The first-order valence-electron chi connectivity index (χ1n) is 10.6. The zero-order chi connectivity index (χ0) is 24.2. The minimum absolute atomic E-state index is 0.00153. The van der Waals surface area contributed by atoms with Crippen LogP contribution < -0.4 is 10.6 Å². The molecule has 9 heteroatoms. The van der Waals surface area contributed by atoms with Gasteiger partial charge in [0.1, 0.15) is 18.3 Å². The van der Waals surface area contributed by atoms with Gasteiger partial charge in [-0.15, -0.1) is 0 Å². The fourth-order valence-corrected chi connectivity index (χ4v) is 3.71. The van der Waals surface area contributed by atoms with Gasteiger partial charge in [0, 0.05) is 12.5 Å². The Bertz CT molecular complexity index is 986. The number of hydrogen-bond donors (Lipinski definition) is 4. The van der Waals surface area contributed by atoms with Crippen LogP contribution in [0.1, 0.15) is 37.8 Å². The summed E-state index contributed by atoms with van der Waals surface area (Å²) in [5, 5.41) is 24.0. The van der Waals surface area contributed by atoms with Crippen LogP contribution in [-0.4, -0.2) is 59.3 Å². The van der Waals surface area contributed by atoms with Crippen molar-refractivity contribution < 1.29 is 34.1 Å². The Labute approximate surface area is 191 Å². The van der Waals surface area contributed by atoms with E-state index in [-0.39, 0.29) is 12.5 Å². The largest absolute Gasteiger partial charge is 0.480 e. The van der Waals surface area contributed by atoms with E-state index in [4.69, 9.17) is 9.47 Å². The minimum atomic E-state index is -1.68. The van der Waals surface area contributed by atoms with Crippen molar-refractivity contribution in [2.45, 2.75) is 44.4 Å². The monoisotopic (exact) mass is 456 g/mol. The Morgan fingerprint density at radius 2 is 1.52 bits per heavy atom. The SMILES string of the molecule is CC(C)(C)OC(=O)NC[C@H](O)[C@H](NC(=O)OCC1c2ccccc2-c2ccccc21)C(=O)O. The van der Waals surface area contributed by atoms with Crippen LogP contribution in [0.4, 0.5) is 9.59 Å². The predicted molar refractivity (Wildman–Crippen MR) is 120 cm³/mol. The molecule has 9 nitrogen and oxygen atoms in total. The van der Waals surface area contributed by atoms with Gasteiger partial charge in [-0.2, -0.15) is 0 Å². The molecule has 33 heavy (non-hydrogen) atoms. The van der Waals surface area contributed by atoms with Crippen LogP contribution >= 0.6 is 0 Å². The Morgan fingerprint density at radius 1 is 0.970 bits per heavy atom. The highest BCUT2D eigenvalue weighted by Gasteiger charge is 2.32. The number of aliphatic hydroxyl groups is 1. The van der Waals surface area contributed by atoms with Crippen LogP contribution in [0.5, 0.6) is 0 Å². The average molecular weight is 456 g/mol. The summed E-state index contributed by atoms with van der Waals surface area (Å²) in [6.45, 7) is 4.57. The molecule has 2 atom stereocenters. The fraction of sp³-hybridized carbons (Fsp3) is 0.375. The molecule has 0 radical (unpaired) electrons. The van der Waals surface area contributed by atoms with Crippen molar-refractivity contribution in [1.29, 1.82) is 0 Å². The van der Waals surface area contributed by atoms with Gasteiger partial charge in [-0.05, 0) is 43.0 Å². The van der Waals surface area contributed by atoms with Gasteiger partial charge < -0.3 is 30.3 Å². The maximum Gasteiger partial charge on any atom is 0.407 e. The highest BCUT2D eigenvalue weighted by Crippen LogP contribution is 2.44. The Kier molecular flexibility index (Phi) is 7.23. The summed E-state index contributed by atoms with van der Waals surface area (Å²) in [5.74, 6) is -1.66. The molecule has 0 saturated heterocycles. The summed E-state index contributed by atoms with van der Waals surface area (Å²) in [7, 11) is 0. The predicted octanol–water partition coefficient (Wildman–Crippen LogP) is 2.86. The summed E-state index contributed by atoms with van der Waals surface area (Å²) in [6, 6.07) is 14.0. The van der Waals surface area contributed by atoms with Crippen molar-refractivity contribution >= 4 is 18.2 Å². The molecule has 4 N–H and O–H groups in total. The van der Waals surface area contributed by atoms with E-state index in [1.165, 1.54) is 0 Å². The number of benzene rings is 2. The molecule has 176 valence electrons. The van der Waals surface area contributed by atoms with Gasteiger partial charge in [-0.25, -0.2) is 14.4 Å². The maximum atomic E-state index is 12.3. The van der Waals surface area contributed by atoms with Crippen molar-refractivity contribution in [2.75, 3.05) is 13.2 Å². The van der Waals surface area contributed by atoms with Gasteiger partial charge in [0.15, 0.2) is 6.04 Å². The Morgan fingerprint density at radius 3 is 2.03 bits per heavy atom. The number of carbonyl (C=O) groups excluding carboxylic acids is 2. The Hall–Kier alpha value is -3.59. The number of aliphatic hydroxyl groups excluding tert-OH is 1. The molecule has 2 aromatic rings. The zero-order valence-electron chi connectivity index (χ0n) is 18.7. The third-order valence-corrected chi connectivity index (χ3v) is 5.12. The van der Waals surface area contributed by atoms with Gasteiger partial charge >= 0.3 is 18.2 Å². The summed E-state index contributed by atoms with van der Waals surface area (Å²) in [4.78, 5) is 35.6. The Balaban J connectivity index is 1.59. The number of carbonyl (C=O) groups is 3. The molecule has 3 rings (SSSR count). The van der Waals surface area contributed by atoms with E-state index in [2.05, 4.69) is 10.6 Å². The second-order valence-corrected chi connectivity index (χ2v) is 8.74. The van der Waals surface area contributed by atoms with Crippen molar-refractivity contribution in [3.8, 4) is 11.1 Å².